The lowest BCUT2D eigenvalue weighted by Crippen LogP contribution is -2.34. The Morgan fingerprint density at radius 2 is 2.12 bits per heavy atom. The Kier molecular flexibility index (Phi) is 6.19. The SMILES string of the molecule is Cc1ccc(C/C(=N\O)c2nonc2ONC(=O)OC(C)(C)C)cc1Br. The van der Waals surface area contributed by atoms with Crippen LogP contribution in [0.4, 0.5) is 4.79 Å². The summed E-state index contributed by atoms with van der Waals surface area (Å²) in [5.74, 6) is -0.158. The summed E-state index contributed by atoms with van der Waals surface area (Å²) in [6.45, 7) is 7.11. The van der Waals surface area contributed by atoms with E-state index < -0.39 is 11.7 Å². The molecule has 0 fully saturated rings. The number of rotatable bonds is 5. The summed E-state index contributed by atoms with van der Waals surface area (Å²) in [5, 5.41) is 19.8. The Hall–Kier alpha value is -2.62. The van der Waals surface area contributed by atoms with E-state index in [4.69, 9.17) is 9.57 Å². The fourth-order valence-corrected chi connectivity index (χ4v) is 2.34. The maximum atomic E-state index is 11.6. The topological polar surface area (TPSA) is 119 Å². The van der Waals surface area contributed by atoms with Gasteiger partial charge in [-0.1, -0.05) is 33.2 Å². The molecule has 2 N–H and O–H groups in total. The van der Waals surface area contributed by atoms with Gasteiger partial charge >= 0.3 is 12.0 Å². The fourth-order valence-electron chi connectivity index (χ4n) is 1.92. The molecule has 2 aromatic rings. The minimum absolute atomic E-state index is 0.0558. The first-order valence-corrected chi connectivity index (χ1v) is 8.43. The van der Waals surface area contributed by atoms with Crippen LogP contribution in [-0.2, 0) is 11.2 Å². The Morgan fingerprint density at radius 1 is 1.38 bits per heavy atom. The van der Waals surface area contributed by atoms with Crippen molar-refractivity contribution in [3.05, 3.63) is 39.5 Å². The van der Waals surface area contributed by atoms with Crippen molar-refractivity contribution < 1.29 is 24.2 Å². The number of ether oxygens (including phenoxy) is 1. The second kappa shape index (κ2) is 8.17. The van der Waals surface area contributed by atoms with Crippen LogP contribution in [0.2, 0.25) is 0 Å². The average Bonchev–Trinajstić information content (AvgIpc) is 3.00. The third-order valence-electron chi connectivity index (χ3n) is 3.09. The number of aryl methyl sites for hydroxylation is 1. The summed E-state index contributed by atoms with van der Waals surface area (Å²) in [7, 11) is 0. The van der Waals surface area contributed by atoms with Gasteiger partial charge in [0.1, 0.15) is 11.3 Å². The van der Waals surface area contributed by atoms with Gasteiger partial charge in [-0.3, -0.25) is 0 Å². The Labute approximate surface area is 158 Å². The molecule has 1 heterocycles. The third kappa shape index (κ3) is 5.45. The van der Waals surface area contributed by atoms with E-state index in [0.717, 1.165) is 15.6 Å². The van der Waals surface area contributed by atoms with Gasteiger partial charge in [0.2, 0.25) is 0 Å². The zero-order chi connectivity index (χ0) is 19.3. The number of nitrogens with one attached hydrogen (secondary N) is 1. The number of hydrogen-bond donors (Lipinski definition) is 2. The minimum atomic E-state index is -0.809. The summed E-state index contributed by atoms with van der Waals surface area (Å²) >= 11 is 3.45. The number of benzene rings is 1. The molecule has 140 valence electrons. The van der Waals surface area contributed by atoms with Crippen LogP contribution in [-0.4, -0.2) is 32.9 Å². The molecular weight excluding hydrogens is 408 g/mol. The summed E-state index contributed by atoms with van der Waals surface area (Å²) < 4.78 is 10.6. The van der Waals surface area contributed by atoms with E-state index in [1.807, 2.05) is 25.1 Å². The van der Waals surface area contributed by atoms with Crippen molar-refractivity contribution >= 4 is 27.7 Å². The zero-order valence-corrected chi connectivity index (χ0v) is 16.3. The molecule has 1 aromatic carbocycles. The van der Waals surface area contributed by atoms with Crippen molar-refractivity contribution in [2.75, 3.05) is 0 Å². The molecule has 0 bridgehead atoms. The van der Waals surface area contributed by atoms with Gasteiger partial charge in [-0.05, 0) is 55.2 Å². The Bertz CT molecular complexity index is 813. The highest BCUT2D eigenvalue weighted by Crippen LogP contribution is 2.21. The van der Waals surface area contributed by atoms with Crippen LogP contribution in [0.3, 0.4) is 0 Å². The van der Waals surface area contributed by atoms with E-state index in [9.17, 15) is 10.0 Å². The van der Waals surface area contributed by atoms with Crippen LogP contribution >= 0.6 is 15.9 Å². The van der Waals surface area contributed by atoms with Crippen molar-refractivity contribution in [2.45, 2.75) is 39.7 Å². The molecule has 0 aliphatic carbocycles. The molecule has 0 atom stereocenters. The van der Waals surface area contributed by atoms with Crippen LogP contribution < -0.4 is 10.3 Å². The van der Waals surface area contributed by atoms with E-state index >= 15 is 0 Å². The van der Waals surface area contributed by atoms with Crippen LogP contribution in [0.15, 0.2) is 32.5 Å². The Morgan fingerprint density at radius 3 is 2.73 bits per heavy atom. The second-order valence-corrected chi connectivity index (χ2v) is 7.29. The number of nitrogens with zero attached hydrogens (tertiary/aromatic N) is 3. The maximum absolute atomic E-state index is 11.6. The standard InChI is InChI=1S/C16H19BrN4O5/c1-9-5-6-10(7-11(9)17)8-12(18-23)13-14(20-26-19-13)25-21-15(22)24-16(2,3)4/h5-7,23H,8H2,1-4H3,(H,21,22)/b18-12+. The second-order valence-electron chi connectivity index (χ2n) is 6.43. The molecule has 2 rings (SSSR count). The molecule has 0 saturated carbocycles. The number of hydroxylamine groups is 1. The normalized spacial score (nSPS) is 12.0. The van der Waals surface area contributed by atoms with E-state index in [-0.39, 0.29) is 23.7 Å². The summed E-state index contributed by atoms with van der Waals surface area (Å²) in [5.41, 5.74) is 3.54. The first kappa shape index (κ1) is 19.7. The molecule has 0 saturated heterocycles. The van der Waals surface area contributed by atoms with Crippen LogP contribution in [0.25, 0.3) is 0 Å². The van der Waals surface area contributed by atoms with Gasteiger partial charge in [0.25, 0.3) is 0 Å². The highest BCUT2D eigenvalue weighted by molar-refractivity contribution is 9.10. The lowest BCUT2D eigenvalue weighted by Gasteiger charge is -2.19. The highest BCUT2D eigenvalue weighted by atomic mass is 79.9. The van der Waals surface area contributed by atoms with Crippen molar-refractivity contribution in [1.82, 2.24) is 15.8 Å². The molecule has 9 nitrogen and oxygen atoms in total. The van der Waals surface area contributed by atoms with Crippen molar-refractivity contribution in [3.63, 3.8) is 0 Å². The van der Waals surface area contributed by atoms with Gasteiger partial charge in [-0.25, -0.2) is 9.42 Å². The molecule has 0 unspecified atom stereocenters. The van der Waals surface area contributed by atoms with Crippen molar-refractivity contribution in [1.29, 1.82) is 0 Å². The van der Waals surface area contributed by atoms with Crippen LogP contribution in [0, 0.1) is 6.92 Å². The molecule has 10 heteroatoms. The number of oxime groups is 1. The molecule has 0 radical (unpaired) electrons. The number of carbonyl (C=O) groups is 1. The van der Waals surface area contributed by atoms with Crippen molar-refractivity contribution in [2.24, 2.45) is 5.16 Å². The molecular formula is C16H19BrN4O5. The average molecular weight is 427 g/mol. The van der Waals surface area contributed by atoms with Gasteiger partial charge in [-0.15, -0.1) is 0 Å². The molecule has 1 amide bonds. The Balaban J connectivity index is 2.09. The summed E-state index contributed by atoms with van der Waals surface area (Å²) in [4.78, 5) is 16.7. The van der Waals surface area contributed by atoms with Gasteiger partial charge in [0.05, 0.1) is 0 Å². The zero-order valence-electron chi connectivity index (χ0n) is 14.7. The fraction of sp³-hybridized carbons (Fsp3) is 0.375. The van der Waals surface area contributed by atoms with E-state index in [1.165, 1.54) is 0 Å². The minimum Gasteiger partial charge on any atom is -0.442 e. The lowest BCUT2D eigenvalue weighted by molar-refractivity contribution is 0.0271. The third-order valence-corrected chi connectivity index (χ3v) is 3.94. The first-order valence-electron chi connectivity index (χ1n) is 7.64. The number of amides is 1. The number of halogens is 1. The largest absolute Gasteiger partial charge is 0.442 e. The predicted molar refractivity (Wildman–Crippen MR) is 95.2 cm³/mol. The van der Waals surface area contributed by atoms with Gasteiger partial charge in [-0.2, -0.15) is 5.48 Å². The predicted octanol–water partition coefficient (Wildman–Crippen LogP) is 3.38. The smallest absolute Gasteiger partial charge is 0.441 e. The quantitative estimate of drug-likeness (QED) is 0.427. The number of aromatic nitrogens is 2. The van der Waals surface area contributed by atoms with Crippen molar-refractivity contribution in [3.8, 4) is 5.88 Å². The molecule has 1 aromatic heterocycles. The monoisotopic (exact) mass is 426 g/mol. The molecule has 0 aliphatic heterocycles. The van der Waals surface area contributed by atoms with Gasteiger partial charge in [0, 0.05) is 10.9 Å². The van der Waals surface area contributed by atoms with Gasteiger partial charge < -0.3 is 14.8 Å². The maximum Gasteiger partial charge on any atom is 0.441 e. The first-order chi connectivity index (χ1) is 12.2. The van der Waals surface area contributed by atoms with E-state index in [0.29, 0.717) is 0 Å². The van der Waals surface area contributed by atoms with Crippen LogP contribution in [0.5, 0.6) is 5.88 Å². The van der Waals surface area contributed by atoms with E-state index in [1.54, 1.807) is 20.8 Å². The summed E-state index contributed by atoms with van der Waals surface area (Å²) in [6, 6.07) is 5.71. The molecule has 26 heavy (non-hydrogen) atoms. The van der Waals surface area contributed by atoms with Crippen LogP contribution in [0.1, 0.15) is 37.6 Å². The van der Waals surface area contributed by atoms with Gasteiger partial charge in [0.15, 0.2) is 5.69 Å². The highest BCUT2D eigenvalue weighted by Gasteiger charge is 2.22. The lowest BCUT2D eigenvalue weighted by atomic mass is 10.1. The molecule has 0 aliphatic rings. The molecule has 0 spiro atoms. The number of hydrogen-bond acceptors (Lipinski definition) is 8. The number of carbonyl (C=O) groups excluding carboxylic acids is 1. The van der Waals surface area contributed by atoms with E-state index in [2.05, 4.69) is 41.5 Å². The summed E-state index contributed by atoms with van der Waals surface area (Å²) in [6.07, 6.45) is -0.566.